The van der Waals surface area contributed by atoms with Crippen molar-refractivity contribution in [3.8, 4) is 0 Å². The fraction of sp³-hybridized carbons (Fsp3) is 0.615. The average molecular weight is 297 g/mol. The second kappa shape index (κ2) is 7.63. The smallest absolute Gasteiger partial charge is 0.257 e. The van der Waals surface area contributed by atoms with Crippen LogP contribution >= 0.6 is 0 Å². The highest BCUT2D eigenvalue weighted by atomic mass is 16.5. The molecule has 21 heavy (non-hydrogen) atoms. The first kappa shape index (κ1) is 17.0. The first-order chi connectivity index (χ1) is 9.92. The summed E-state index contributed by atoms with van der Waals surface area (Å²) >= 11 is 0. The Bertz CT molecular complexity index is 524. The molecule has 0 unspecified atom stereocenters. The van der Waals surface area contributed by atoms with Crippen molar-refractivity contribution < 1.29 is 14.7 Å². The highest BCUT2D eigenvalue weighted by Crippen LogP contribution is 2.15. The van der Waals surface area contributed by atoms with Crippen LogP contribution in [0, 0.1) is 13.8 Å². The monoisotopic (exact) mass is 297 g/mol. The van der Waals surface area contributed by atoms with E-state index in [0.29, 0.717) is 37.4 Å². The van der Waals surface area contributed by atoms with E-state index in [4.69, 9.17) is 15.7 Å². The van der Waals surface area contributed by atoms with Gasteiger partial charge in [-0.3, -0.25) is 9.48 Å². The van der Waals surface area contributed by atoms with Crippen LogP contribution in [-0.4, -0.2) is 58.4 Å². The van der Waals surface area contributed by atoms with Crippen LogP contribution in [0.5, 0.6) is 0 Å². The number of nitrogens with two attached hydrogens (primary N) is 1. The topological polar surface area (TPSA) is 106 Å². The van der Waals surface area contributed by atoms with Gasteiger partial charge >= 0.3 is 0 Å². The molecule has 0 bridgehead atoms. The van der Waals surface area contributed by atoms with Crippen molar-refractivity contribution in [3.63, 3.8) is 0 Å². The van der Waals surface area contributed by atoms with E-state index in [1.807, 2.05) is 6.92 Å². The normalized spacial score (nSPS) is 11.7. The molecule has 8 nitrogen and oxygen atoms in total. The van der Waals surface area contributed by atoms with Gasteiger partial charge in [0.25, 0.3) is 5.91 Å². The molecule has 1 aromatic rings. The van der Waals surface area contributed by atoms with Crippen molar-refractivity contribution in [2.75, 3.05) is 26.8 Å². The Morgan fingerprint density at radius 2 is 2.14 bits per heavy atom. The van der Waals surface area contributed by atoms with Gasteiger partial charge in [0.15, 0.2) is 0 Å². The first-order valence-corrected chi connectivity index (χ1v) is 6.67. The fourth-order valence-electron chi connectivity index (χ4n) is 2.06. The number of amides is 1. The molecule has 0 spiro atoms. The second-order valence-corrected chi connectivity index (χ2v) is 4.80. The molecule has 0 saturated heterocycles. The number of aromatic nitrogens is 2. The minimum atomic E-state index is -0.124. The van der Waals surface area contributed by atoms with Crippen LogP contribution in [0.25, 0.3) is 0 Å². The molecule has 118 valence electrons. The Hall–Kier alpha value is -2.09. The quantitative estimate of drug-likeness (QED) is 0.325. The average Bonchev–Trinajstić information content (AvgIpc) is 2.71. The predicted octanol–water partition coefficient (Wildman–Crippen LogP) is 0.262. The van der Waals surface area contributed by atoms with Crippen molar-refractivity contribution >= 4 is 11.7 Å². The zero-order chi connectivity index (χ0) is 16.0. The maximum Gasteiger partial charge on any atom is 0.257 e. The zero-order valence-electron chi connectivity index (χ0n) is 13.0. The van der Waals surface area contributed by atoms with Crippen molar-refractivity contribution in [2.45, 2.75) is 20.3 Å². The summed E-state index contributed by atoms with van der Waals surface area (Å²) in [4.78, 5) is 14.3. The number of carbonyl (C=O) groups is 1. The summed E-state index contributed by atoms with van der Waals surface area (Å²) in [7, 11) is 3.38. The van der Waals surface area contributed by atoms with Crippen LogP contribution in [0.1, 0.15) is 28.2 Å². The molecule has 3 N–H and O–H groups in total. The van der Waals surface area contributed by atoms with E-state index in [-0.39, 0.29) is 11.7 Å². The maximum absolute atomic E-state index is 12.7. The Morgan fingerprint density at radius 1 is 1.48 bits per heavy atom. The first-order valence-electron chi connectivity index (χ1n) is 6.67. The van der Waals surface area contributed by atoms with Crippen LogP contribution < -0.4 is 5.73 Å². The van der Waals surface area contributed by atoms with Crippen LogP contribution in [-0.2, 0) is 11.8 Å². The summed E-state index contributed by atoms with van der Waals surface area (Å²) in [5.41, 5.74) is 7.55. The number of ether oxygens (including phenoxy) is 1. The third-order valence-corrected chi connectivity index (χ3v) is 3.34. The minimum absolute atomic E-state index is 0.0878. The summed E-state index contributed by atoms with van der Waals surface area (Å²) in [6, 6.07) is 0. The molecule has 1 heterocycles. The summed E-state index contributed by atoms with van der Waals surface area (Å²) < 4.78 is 6.71. The number of rotatable bonds is 7. The molecule has 8 heteroatoms. The summed E-state index contributed by atoms with van der Waals surface area (Å²) in [5, 5.41) is 15.8. The largest absolute Gasteiger partial charge is 0.409 e. The van der Waals surface area contributed by atoms with Gasteiger partial charge in [0, 0.05) is 39.4 Å². The summed E-state index contributed by atoms with van der Waals surface area (Å²) in [6.07, 6.45) is 0.296. The van der Waals surface area contributed by atoms with Crippen LogP contribution in [0.15, 0.2) is 5.16 Å². The zero-order valence-corrected chi connectivity index (χ0v) is 13.0. The van der Waals surface area contributed by atoms with Gasteiger partial charge in [-0.25, -0.2) is 0 Å². The van der Waals surface area contributed by atoms with E-state index < -0.39 is 0 Å². The Morgan fingerprint density at radius 3 is 2.62 bits per heavy atom. The number of oxime groups is 1. The number of carbonyl (C=O) groups excluding carboxylic acids is 1. The summed E-state index contributed by atoms with van der Waals surface area (Å²) in [6.45, 7) is 4.86. The van der Waals surface area contributed by atoms with E-state index >= 15 is 0 Å². The molecule has 0 aliphatic heterocycles. The van der Waals surface area contributed by atoms with Crippen molar-refractivity contribution in [3.05, 3.63) is 17.0 Å². The Labute approximate surface area is 124 Å². The van der Waals surface area contributed by atoms with E-state index in [1.54, 1.807) is 30.7 Å². The van der Waals surface area contributed by atoms with Gasteiger partial charge < -0.3 is 20.6 Å². The molecule has 0 fully saturated rings. The SMILES string of the molecule is COCCN(CCC(N)=NO)C(=O)c1c(C)nn(C)c1C. The third-order valence-electron chi connectivity index (χ3n) is 3.34. The number of aryl methyl sites for hydroxylation is 2. The van der Waals surface area contributed by atoms with Gasteiger partial charge in [-0.2, -0.15) is 5.10 Å². The number of methoxy groups -OCH3 is 1. The van der Waals surface area contributed by atoms with Crippen LogP contribution in [0.4, 0.5) is 0 Å². The fourth-order valence-corrected chi connectivity index (χ4v) is 2.06. The molecule has 1 aromatic heterocycles. The Kier molecular flexibility index (Phi) is 6.16. The van der Waals surface area contributed by atoms with E-state index in [2.05, 4.69) is 10.3 Å². The predicted molar refractivity (Wildman–Crippen MR) is 78.5 cm³/mol. The van der Waals surface area contributed by atoms with Gasteiger partial charge in [0.2, 0.25) is 0 Å². The number of hydrogen-bond donors (Lipinski definition) is 2. The van der Waals surface area contributed by atoms with E-state index in [9.17, 15) is 4.79 Å². The Balaban J connectivity index is 2.93. The van der Waals surface area contributed by atoms with E-state index in [0.717, 1.165) is 5.69 Å². The molecule has 0 saturated carbocycles. The lowest BCUT2D eigenvalue weighted by Crippen LogP contribution is -2.37. The number of nitrogens with zero attached hydrogens (tertiary/aromatic N) is 4. The second-order valence-electron chi connectivity index (χ2n) is 4.80. The highest BCUT2D eigenvalue weighted by molar-refractivity contribution is 5.96. The van der Waals surface area contributed by atoms with Crippen molar-refractivity contribution in [1.29, 1.82) is 0 Å². The molecular weight excluding hydrogens is 274 g/mol. The number of amidine groups is 1. The molecule has 0 atom stereocenters. The van der Waals surface area contributed by atoms with Crippen LogP contribution in [0.2, 0.25) is 0 Å². The molecule has 0 aliphatic carbocycles. The van der Waals surface area contributed by atoms with Gasteiger partial charge in [-0.1, -0.05) is 5.16 Å². The van der Waals surface area contributed by atoms with E-state index in [1.165, 1.54) is 0 Å². The third kappa shape index (κ3) is 4.19. The van der Waals surface area contributed by atoms with Gasteiger partial charge in [0.05, 0.1) is 17.9 Å². The number of hydrogen-bond acceptors (Lipinski definition) is 5. The molecule has 0 radical (unpaired) electrons. The van der Waals surface area contributed by atoms with Crippen molar-refractivity contribution in [1.82, 2.24) is 14.7 Å². The lowest BCUT2D eigenvalue weighted by molar-refractivity contribution is 0.0699. The summed E-state index contributed by atoms with van der Waals surface area (Å²) in [5.74, 6) is -0.0364. The van der Waals surface area contributed by atoms with Crippen LogP contribution in [0.3, 0.4) is 0 Å². The standard InChI is InChI=1S/C13H23N5O3/c1-9-12(10(2)17(3)15-9)13(19)18(7-8-21-4)6-5-11(14)16-20/h20H,5-8H2,1-4H3,(H2,14,16). The molecular formula is C13H23N5O3. The minimum Gasteiger partial charge on any atom is -0.409 e. The van der Waals surface area contributed by atoms with Gasteiger partial charge in [-0.05, 0) is 13.8 Å². The highest BCUT2D eigenvalue weighted by Gasteiger charge is 2.23. The van der Waals surface area contributed by atoms with Gasteiger partial charge in [0.1, 0.15) is 5.84 Å². The lowest BCUT2D eigenvalue weighted by Gasteiger charge is -2.22. The van der Waals surface area contributed by atoms with Crippen molar-refractivity contribution in [2.24, 2.45) is 17.9 Å². The lowest BCUT2D eigenvalue weighted by atomic mass is 10.1. The molecule has 0 aliphatic rings. The van der Waals surface area contributed by atoms with Gasteiger partial charge in [-0.15, -0.1) is 0 Å². The molecule has 0 aromatic carbocycles. The molecule has 1 amide bonds. The molecule has 1 rings (SSSR count). The maximum atomic E-state index is 12.7.